The van der Waals surface area contributed by atoms with Gasteiger partial charge in [0, 0.05) is 17.1 Å². The SMILES string of the molecule is CC(C)COc1cccc(C(=O)Nc2nccs2)c1. The summed E-state index contributed by atoms with van der Waals surface area (Å²) < 4.78 is 5.60. The van der Waals surface area contributed by atoms with Crippen LogP contribution in [0.3, 0.4) is 0 Å². The van der Waals surface area contributed by atoms with Gasteiger partial charge >= 0.3 is 0 Å². The van der Waals surface area contributed by atoms with E-state index < -0.39 is 0 Å². The number of hydrogen-bond donors (Lipinski definition) is 1. The van der Waals surface area contributed by atoms with Gasteiger partial charge in [-0.1, -0.05) is 19.9 Å². The van der Waals surface area contributed by atoms with E-state index in [1.165, 1.54) is 11.3 Å². The maximum absolute atomic E-state index is 12.0. The van der Waals surface area contributed by atoms with Crippen molar-refractivity contribution < 1.29 is 9.53 Å². The number of nitrogens with one attached hydrogen (secondary N) is 1. The highest BCUT2D eigenvalue weighted by Crippen LogP contribution is 2.17. The van der Waals surface area contributed by atoms with Crippen molar-refractivity contribution >= 4 is 22.4 Å². The fraction of sp³-hybridized carbons (Fsp3) is 0.286. The van der Waals surface area contributed by atoms with E-state index >= 15 is 0 Å². The summed E-state index contributed by atoms with van der Waals surface area (Å²) in [6, 6.07) is 7.16. The van der Waals surface area contributed by atoms with E-state index in [4.69, 9.17) is 4.74 Å². The van der Waals surface area contributed by atoms with Crippen LogP contribution in [-0.4, -0.2) is 17.5 Å². The Balaban J connectivity index is 2.03. The van der Waals surface area contributed by atoms with Crippen LogP contribution in [0.15, 0.2) is 35.8 Å². The number of benzene rings is 1. The lowest BCUT2D eigenvalue weighted by molar-refractivity contribution is 0.102. The Bertz CT molecular complexity index is 538. The molecule has 1 amide bonds. The van der Waals surface area contributed by atoms with Gasteiger partial charge in [0.1, 0.15) is 5.75 Å². The van der Waals surface area contributed by atoms with Crippen LogP contribution in [0.2, 0.25) is 0 Å². The molecule has 0 aliphatic carbocycles. The van der Waals surface area contributed by atoms with Crippen LogP contribution >= 0.6 is 11.3 Å². The number of hydrogen-bond acceptors (Lipinski definition) is 4. The van der Waals surface area contributed by atoms with Crippen LogP contribution in [0.1, 0.15) is 24.2 Å². The van der Waals surface area contributed by atoms with Crippen LogP contribution in [0, 0.1) is 5.92 Å². The average molecular weight is 276 g/mol. The molecule has 0 aliphatic rings. The van der Waals surface area contributed by atoms with Gasteiger partial charge in [-0.05, 0) is 24.1 Å². The molecule has 0 saturated heterocycles. The number of thiazole rings is 1. The van der Waals surface area contributed by atoms with E-state index in [0.29, 0.717) is 29.0 Å². The third kappa shape index (κ3) is 4.06. The molecule has 5 heteroatoms. The molecule has 0 fully saturated rings. The van der Waals surface area contributed by atoms with E-state index in [9.17, 15) is 4.79 Å². The number of ether oxygens (including phenoxy) is 1. The molecule has 0 bridgehead atoms. The molecule has 1 heterocycles. The summed E-state index contributed by atoms with van der Waals surface area (Å²) in [7, 11) is 0. The first-order valence-corrected chi connectivity index (χ1v) is 6.97. The monoisotopic (exact) mass is 276 g/mol. The zero-order valence-corrected chi connectivity index (χ0v) is 11.7. The van der Waals surface area contributed by atoms with Crippen LogP contribution in [0.25, 0.3) is 0 Å². The maximum atomic E-state index is 12.0. The molecule has 19 heavy (non-hydrogen) atoms. The minimum atomic E-state index is -0.176. The van der Waals surface area contributed by atoms with Crippen LogP contribution in [0.5, 0.6) is 5.75 Å². The van der Waals surface area contributed by atoms with Crippen molar-refractivity contribution in [3.63, 3.8) is 0 Å². The minimum Gasteiger partial charge on any atom is -0.493 e. The molecule has 1 aromatic carbocycles. The van der Waals surface area contributed by atoms with Gasteiger partial charge in [-0.15, -0.1) is 11.3 Å². The molecular formula is C14H16N2O2S. The van der Waals surface area contributed by atoms with E-state index in [1.807, 2.05) is 17.5 Å². The summed E-state index contributed by atoms with van der Waals surface area (Å²) in [5, 5.41) is 5.16. The molecule has 4 nitrogen and oxygen atoms in total. The number of amides is 1. The quantitative estimate of drug-likeness (QED) is 0.910. The van der Waals surface area contributed by atoms with Crippen LogP contribution < -0.4 is 10.1 Å². The van der Waals surface area contributed by atoms with Crippen molar-refractivity contribution in [1.29, 1.82) is 0 Å². The van der Waals surface area contributed by atoms with E-state index in [-0.39, 0.29) is 5.91 Å². The predicted octanol–water partition coefficient (Wildman–Crippen LogP) is 3.43. The molecule has 1 aromatic heterocycles. The summed E-state index contributed by atoms with van der Waals surface area (Å²) in [6.07, 6.45) is 1.66. The first-order chi connectivity index (χ1) is 9.15. The highest BCUT2D eigenvalue weighted by atomic mass is 32.1. The summed E-state index contributed by atoms with van der Waals surface area (Å²) >= 11 is 1.39. The molecule has 0 atom stereocenters. The Morgan fingerprint density at radius 3 is 3.00 bits per heavy atom. The minimum absolute atomic E-state index is 0.176. The van der Waals surface area contributed by atoms with Crippen LogP contribution in [0.4, 0.5) is 5.13 Å². The van der Waals surface area contributed by atoms with Crippen molar-refractivity contribution in [3.8, 4) is 5.75 Å². The fourth-order valence-corrected chi connectivity index (χ4v) is 1.97. The highest BCUT2D eigenvalue weighted by Gasteiger charge is 2.08. The van der Waals surface area contributed by atoms with Crippen molar-refractivity contribution in [2.45, 2.75) is 13.8 Å². The number of aromatic nitrogens is 1. The van der Waals surface area contributed by atoms with Gasteiger partial charge in [-0.3, -0.25) is 10.1 Å². The second-order valence-electron chi connectivity index (χ2n) is 4.52. The second-order valence-corrected chi connectivity index (χ2v) is 5.42. The third-order valence-corrected chi connectivity index (χ3v) is 3.02. The lowest BCUT2D eigenvalue weighted by Gasteiger charge is -2.09. The van der Waals surface area contributed by atoms with Crippen molar-refractivity contribution in [2.24, 2.45) is 5.92 Å². The Morgan fingerprint density at radius 2 is 2.32 bits per heavy atom. The zero-order valence-electron chi connectivity index (χ0n) is 10.9. The first-order valence-electron chi connectivity index (χ1n) is 6.09. The summed E-state index contributed by atoms with van der Waals surface area (Å²) in [5.74, 6) is 0.984. The first kappa shape index (κ1) is 13.5. The number of rotatable bonds is 5. The Hall–Kier alpha value is -1.88. The predicted molar refractivity (Wildman–Crippen MR) is 76.8 cm³/mol. The molecule has 0 radical (unpaired) electrons. The highest BCUT2D eigenvalue weighted by molar-refractivity contribution is 7.13. The van der Waals surface area contributed by atoms with Gasteiger partial charge in [0.15, 0.2) is 5.13 Å². The van der Waals surface area contributed by atoms with Gasteiger partial charge in [-0.25, -0.2) is 4.98 Å². The molecule has 1 N–H and O–H groups in total. The molecule has 100 valence electrons. The molecule has 2 aromatic rings. The third-order valence-electron chi connectivity index (χ3n) is 2.33. The number of carbonyl (C=O) groups excluding carboxylic acids is 1. The average Bonchev–Trinajstić information content (AvgIpc) is 2.89. The molecule has 0 spiro atoms. The lowest BCUT2D eigenvalue weighted by atomic mass is 10.2. The van der Waals surface area contributed by atoms with E-state index in [1.54, 1.807) is 18.3 Å². The largest absolute Gasteiger partial charge is 0.493 e. The summed E-state index contributed by atoms with van der Waals surface area (Å²) in [5.41, 5.74) is 0.566. The topological polar surface area (TPSA) is 51.2 Å². The zero-order chi connectivity index (χ0) is 13.7. The second kappa shape index (κ2) is 6.33. The van der Waals surface area contributed by atoms with E-state index in [0.717, 1.165) is 0 Å². The normalized spacial score (nSPS) is 10.5. The summed E-state index contributed by atoms with van der Waals surface area (Å²) in [6.45, 7) is 4.80. The van der Waals surface area contributed by atoms with Crippen molar-refractivity contribution in [1.82, 2.24) is 4.98 Å². The van der Waals surface area contributed by atoms with Gasteiger partial charge in [0.2, 0.25) is 0 Å². The number of anilines is 1. The lowest BCUT2D eigenvalue weighted by Crippen LogP contribution is -2.12. The maximum Gasteiger partial charge on any atom is 0.257 e. The molecule has 0 unspecified atom stereocenters. The molecule has 0 saturated carbocycles. The number of nitrogens with zero attached hydrogens (tertiary/aromatic N) is 1. The molecule has 0 aliphatic heterocycles. The van der Waals surface area contributed by atoms with Gasteiger partial charge in [-0.2, -0.15) is 0 Å². The van der Waals surface area contributed by atoms with Crippen LogP contribution in [-0.2, 0) is 0 Å². The Labute approximate surface area is 116 Å². The molecule has 2 rings (SSSR count). The Kier molecular flexibility index (Phi) is 4.52. The standard InChI is InChI=1S/C14H16N2O2S/c1-10(2)9-18-12-5-3-4-11(8-12)13(17)16-14-15-6-7-19-14/h3-8,10H,9H2,1-2H3,(H,15,16,17). The molecular weight excluding hydrogens is 260 g/mol. The summed E-state index contributed by atoms with van der Waals surface area (Å²) in [4.78, 5) is 16.0. The van der Waals surface area contributed by atoms with Gasteiger partial charge in [0.25, 0.3) is 5.91 Å². The fourth-order valence-electron chi connectivity index (χ4n) is 1.44. The van der Waals surface area contributed by atoms with Crippen molar-refractivity contribution in [2.75, 3.05) is 11.9 Å². The van der Waals surface area contributed by atoms with Gasteiger partial charge in [0.05, 0.1) is 6.61 Å². The van der Waals surface area contributed by atoms with E-state index in [2.05, 4.69) is 24.1 Å². The number of carbonyl (C=O) groups is 1. The van der Waals surface area contributed by atoms with Crippen molar-refractivity contribution in [3.05, 3.63) is 41.4 Å². The van der Waals surface area contributed by atoms with Gasteiger partial charge < -0.3 is 4.74 Å². The smallest absolute Gasteiger partial charge is 0.257 e. The Morgan fingerprint density at radius 1 is 1.47 bits per heavy atom.